The van der Waals surface area contributed by atoms with Crippen molar-refractivity contribution in [3.8, 4) is 0 Å². The number of hydrogen-bond acceptors (Lipinski definition) is 6. The molecule has 7 nitrogen and oxygen atoms in total. The van der Waals surface area contributed by atoms with Crippen LogP contribution in [0.4, 0.5) is 4.79 Å². The molecule has 0 aromatic rings. The zero-order chi connectivity index (χ0) is 15.3. The van der Waals surface area contributed by atoms with Crippen LogP contribution < -0.4 is 5.48 Å². The Bertz CT molecular complexity index is 237. The Kier molecular flexibility index (Phi) is 11.7. The van der Waals surface area contributed by atoms with E-state index in [2.05, 4.69) is 5.48 Å². The number of carbonyl (C=O) groups is 1. The van der Waals surface area contributed by atoms with Crippen LogP contribution in [0.15, 0.2) is 0 Å². The molecule has 0 unspecified atom stereocenters. The highest BCUT2D eigenvalue weighted by Gasteiger charge is 2.39. The standard InChI is InChI=1S/C12H27NO6Si/c1-5-16-13-12(14)15-10-9-11-20(17-6-2,18-7-3)19-8-4/h5-11H2,1-4H3,(H,13,14). The lowest BCUT2D eigenvalue weighted by Gasteiger charge is -2.28. The normalized spacial score (nSPS) is 11.4. The van der Waals surface area contributed by atoms with E-state index in [1.807, 2.05) is 20.8 Å². The molecular formula is C12H27NO6Si. The van der Waals surface area contributed by atoms with Gasteiger partial charge in [-0.3, -0.25) is 4.84 Å². The van der Waals surface area contributed by atoms with Crippen LogP contribution in [-0.4, -0.2) is 47.9 Å². The van der Waals surface area contributed by atoms with Gasteiger partial charge in [0.15, 0.2) is 0 Å². The summed E-state index contributed by atoms with van der Waals surface area (Å²) in [7, 11) is -2.64. The highest BCUT2D eigenvalue weighted by Crippen LogP contribution is 2.18. The van der Waals surface area contributed by atoms with Crippen molar-refractivity contribution in [3.05, 3.63) is 0 Å². The summed E-state index contributed by atoms with van der Waals surface area (Å²) >= 11 is 0. The Morgan fingerprint density at radius 1 is 0.950 bits per heavy atom. The van der Waals surface area contributed by atoms with Crippen molar-refractivity contribution < 1.29 is 27.6 Å². The summed E-state index contributed by atoms with van der Waals surface area (Å²) in [4.78, 5) is 15.9. The average molecular weight is 309 g/mol. The molecule has 0 spiro atoms. The first-order valence-corrected chi connectivity index (χ1v) is 9.03. The van der Waals surface area contributed by atoms with Gasteiger partial charge in [-0.1, -0.05) is 0 Å². The van der Waals surface area contributed by atoms with Gasteiger partial charge >= 0.3 is 14.9 Å². The van der Waals surface area contributed by atoms with E-state index >= 15 is 0 Å². The number of ether oxygens (including phenoxy) is 1. The monoisotopic (exact) mass is 309 g/mol. The van der Waals surface area contributed by atoms with Crippen LogP contribution in [0.5, 0.6) is 0 Å². The first-order valence-electron chi connectivity index (χ1n) is 7.10. The molecular weight excluding hydrogens is 282 g/mol. The van der Waals surface area contributed by atoms with Crippen LogP contribution >= 0.6 is 0 Å². The van der Waals surface area contributed by atoms with Crippen molar-refractivity contribution in [2.75, 3.05) is 33.0 Å². The van der Waals surface area contributed by atoms with E-state index in [9.17, 15) is 4.79 Å². The molecule has 20 heavy (non-hydrogen) atoms. The lowest BCUT2D eigenvalue weighted by atomic mass is 10.5. The molecule has 8 heteroatoms. The summed E-state index contributed by atoms with van der Waals surface area (Å²) in [6, 6.07) is 0.616. The van der Waals surface area contributed by atoms with Crippen LogP contribution in [-0.2, 0) is 22.9 Å². The highest BCUT2D eigenvalue weighted by molar-refractivity contribution is 6.60. The molecule has 0 bridgehead atoms. The van der Waals surface area contributed by atoms with Gasteiger partial charge in [0.2, 0.25) is 0 Å². The molecule has 0 radical (unpaired) electrons. The fraction of sp³-hybridized carbons (Fsp3) is 0.917. The van der Waals surface area contributed by atoms with Crippen LogP contribution in [0.1, 0.15) is 34.1 Å². The lowest BCUT2D eigenvalue weighted by molar-refractivity contribution is 0.0328. The minimum atomic E-state index is -2.64. The second-order valence-electron chi connectivity index (χ2n) is 3.76. The predicted octanol–water partition coefficient (Wildman–Crippen LogP) is 2.10. The Labute approximate surface area is 122 Å². The van der Waals surface area contributed by atoms with E-state index in [1.54, 1.807) is 6.92 Å². The fourth-order valence-electron chi connectivity index (χ4n) is 1.62. The number of rotatable bonds is 12. The van der Waals surface area contributed by atoms with Gasteiger partial charge in [-0.05, 0) is 34.1 Å². The van der Waals surface area contributed by atoms with E-state index in [1.165, 1.54) is 0 Å². The number of nitrogens with one attached hydrogen (secondary N) is 1. The minimum Gasteiger partial charge on any atom is -0.448 e. The zero-order valence-electron chi connectivity index (χ0n) is 12.9. The van der Waals surface area contributed by atoms with Gasteiger partial charge in [0.25, 0.3) is 0 Å². The number of hydroxylamine groups is 1. The highest BCUT2D eigenvalue weighted by atomic mass is 28.4. The maximum atomic E-state index is 11.2. The number of carbonyl (C=O) groups excluding carboxylic acids is 1. The van der Waals surface area contributed by atoms with E-state index in [-0.39, 0.29) is 6.61 Å². The zero-order valence-corrected chi connectivity index (χ0v) is 13.9. The van der Waals surface area contributed by atoms with Crippen LogP contribution in [0, 0.1) is 0 Å². The third-order valence-electron chi connectivity index (χ3n) is 2.25. The first kappa shape index (κ1) is 19.3. The number of hydrogen-bond donors (Lipinski definition) is 1. The van der Waals surface area contributed by atoms with Gasteiger partial charge in [0.05, 0.1) is 13.2 Å². The molecule has 120 valence electrons. The smallest absolute Gasteiger partial charge is 0.448 e. The average Bonchev–Trinajstić information content (AvgIpc) is 2.42. The maximum absolute atomic E-state index is 11.2. The van der Waals surface area contributed by atoms with Crippen molar-refractivity contribution in [1.82, 2.24) is 5.48 Å². The largest absolute Gasteiger partial charge is 0.501 e. The molecule has 0 rings (SSSR count). The van der Waals surface area contributed by atoms with E-state index < -0.39 is 14.9 Å². The van der Waals surface area contributed by atoms with Gasteiger partial charge in [-0.25, -0.2) is 4.79 Å². The lowest BCUT2D eigenvalue weighted by Crippen LogP contribution is -2.46. The molecule has 0 saturated heterocycles. The van der Waals surface area contributed by atoms with Gasteiger partial charge in [0, 0.05) is 25.9 Å². The van der Waals surface area contributed by atoms with Gasteiger partial charge in [-0.2, -0.15) is 5.48 Å². The van der Waals surface area contributed by atoms with Crippen LogP contribution in [0.3, 0.4) is 0 Å². The quantitative estimate of drug-likeness (QED) is 0.338. The fourth-order valence-corrected chi connectivity index (χ4v) is 4.20. The van der Waals surface area contributed by atoms with Crippen molar-refractivity contribution in [2.24, 2.45) is 0 Å². The van der Waals surface area contributed by atoms with Crippen LogP contribution in [0.2, 0.25) is 6.04 Å². The Morgan fingerprint density at radius 2 is 1.50 bits per heavy atom. The molecule has 0 heterocycles. The molecule has 0 aliphatic rings. The van der Waals surface area contributed by atoms with Gasteiger partial charge < -0.3 is 18.0 Å². The molecule has 1 amide bonds. The molecule has 0 aliphatic heterocycles. The summed E-state index contributed by atoms with van der Waals surface area (Å²) in [5.74, 6) is 0. The second kappa shape index (κ2) is 12.1. The molecule has 0 aromatic heterocycles. The molecule has 0 fully saturated rings. The topological polar surface area (TPSA) is 75.3 Å². The molecule has 0 aromatic carbocycles. The first-order chi connectivity index (χ1) is 9.64. The van der Waals surface area contributed by atoms with E-state index in [0.29, 0.717) is 38.9 Å². The number of amides is 1. The third-order valence-corrected chi connectivity index (χ3v) is 5.40. The Balaban J connectivity index is 4.08. The summed E-state index contributed by atoms with van der Waals surface area (Å²) < 4.78 is 22.0. The summed E-state index contributed by atoms with van der Waals surface area (Å²) in [6.45, 7) is 9.77. The van der Waals surface area contributed by atoms with Crippen molar-refractivity contribution in [1.29, 1.82) is 0 Å². The molecule has 0 atom stereocenters. The molecule has 0 saturated carbocycles. The summed E-state index contributed by atoms with van der Waals surface area (Å²) in [5, 5.41) is 0. The van der Waals surface area contributed by atoms with E-state index in [4.69, 9.17) is 22.9 Å². The third kappa shape index (κ3) is 8.49. The van der Waals surface area contributed by atoms with Gasteiger partial charge in [-0.15, -0.1) is 0 Å². The molecule has 1 N–H and O–H groups in total. The summed E-state index contributed by atoms with van der Waals surface area (Å²) in [6.07, 6.45) is 0.0227. The summed E-state index contributed by atoms with van der Waals surface area (Å²) in [5.41, 5.74) is 2.16. The molecule has 0 aliphatic carbocycles. The minimum absolute atomic E-state index is 0.265. The maximum Gasteiger partial charge on any atom is 0.501 e. The van der Waals surface area contributed by atoms with Crippen LogP contribution in [0.25, 0.3) is 0 Å². The Morgan fingerprint density at radius 3 is 1.95 bits per heavy atom. The van der Waals surface area contributed by atoms with Crippen molar-refractivity contribution in [2.45, 2.75) is 40.2 Å². The second-order valence-corrected chi connectivity index (χ2v) is 6.49. The predicted molar refractivity (Wildman–Crippen MR) is 76.2 cm³/mol. The Hall–Kier alpha value is -0.673. The van der Waals surface area contributed by atoms with Crippen molar-refractivity contribution in [3.63, 3.8) is 0 Å². The van der Waals surface area contributed by atoms with Gasteiger partial charge in [0.1, 0.15) is 0 Å². The SMILES string of the molecule is CCONC(=O)OCCC[Si](OCC)(OCC)OCC. The van der Waals surface area contributed by atoms with Crippen molar-refractivity contribution >= 4 is 14.9 Å². The van der Waals surface area contributed by atoms with E-state index in [0.717, 1.165) is 0 Å².